The summed E-state index contributed by atoms with van der Waals surface area (Å²) in [6, 6.07) is 3.87. The number of aryl methyl sites for hydroxylation is 1. The molecule has 5 nitrogen and oxygen atoms in total. The number of aromatic nitrogens is 2. The van der Waals surface area contributed by atoms with Gasteiger partial charge in [-0.05, 0) is 26.0 Å². The molecule has 0 radical (unpaired) electrons. The van der Waals surface area contributed by atoms with E-state index in [0.717, 1.165) is 41.7 Å². The molecular weight excluding hydrogens is 228 g/mol. The molecular formula is C13H18N4O. The van der Waals surface area contributed by atoms with E-state index in [1.165, 1.54) is 0 Å². The first kappa shape index (κ1) is 12.4. The summed E-state index contributed by atoms with van der Waals surface area (Å²) in [6.07, 6.45) is 2.53. The lowest BCUT2D eigenvalue weighted by Gasteiger charge is -2.12. The van der Waals surface area contributed by atoms with Gasteiger partial charge in [0.05, 0.1) is 6.26 Å². The summed E-state index contributed by atoms with van der Waals surface area (Å²) in [5.41, 5.74) is 1.03. The summed E-state index contributed by atoms with van der Waals surface area (Å²) in [6.45, 7) is 4.67. The van der Waals surface area contributed by atoms with Gasteiger partial charge in [0.25, 0.3) is 0 Å². The Balaban J connectivity index is 2.02. The highest BCUT2D eigenvalue weighted by Gasteiger charge is 2.07. The van der Waals surface area contributed by atoms with E-state index in [2.05, 4.69) is 20.6 Å². The maximum Gasteiger partial charge on any atom is 0.134 e. The van der Waals surface area contributed by atoms with Gasteiger partial charge in [-0.2, -0.15) is 0 Å². The second-order valence-electron chi connectivity index (χ2n) is 4.10. The number of nitrogens with one attached hydrogen (secondary N) is 2. The Bertz CT molecular complexity index is 508. The highest BCUT2D eigenvalue weighted by molar-refractivity contribution is 5.56. The third-order valence-electron chi connectivity index (χ3n) is 2.74. The molecule has 96 valence electrons. The highest BCUT2D eigenvalue weighted by Crippen LogP contribution is 2.19. The van der Waals surface area contributed by atoms with Crippen LogP contribution < -0.4 is 10.6 Å². The van der Waals surface area contributed by atoms with Crippen molar-refractivity contribution < 1.29 is 4.42 Å². The van der Waals surface area contributed by atoms with E-state index in [9.17, 15) is 0 Å². The minimum atomic E-state index is 0.755. The molecule has 0 atom stereocenters. The number of hydrogen-bond acceptors (Lipinski definition) is 5. The van der Waals surface area contributed by atoms with E-state index >= 15 is 0 Å². The molecule has 2 aromatic rings. The molecule has 0 bridgehead atoms. The molecule has 5 heteroatoms. The van der Waals surface area contributed by atoms with E-state index in [1.54, 1.807) is 6.26 Å². The van der Waals surface area contributed by atoms with Gasteiger partial charge in [0.2, 0.25) is 0 Å². The van der Waals surface area contributed by atoms with Crippen molar-refractivity contribution in [3.05, 3.63) is 35.5 Å². The lowest BCUT2D eigenvalue weighted by atomic mass is 10.3. The molecule has 0 aliphatic rings. The maximum atomic E-state index is 5.29. The third kappa shape index (κ3) is 2.80. The Morgan fingerprint density at radius 1 is 1.22 bits per heavy atom. The van der Waals surface area contributed by atoms with E-state index in [-0.39, 0.29) is 0 Å². The molecule has 2 rings (SSSR count). The van der Waals surface area contributed by atoms with Gasteiger partial charge in [-0.1, -0.05) is 0 Å². The fourth-order valence-corrected chi connectivity index (χ4v) is 1.80. The van der Waals surface area contributed by atoms with Gasteiger partial charge in [0.1, 0.15) is 23.2 Å². The molecule has 2 aromatic heterocycles. The summed E-state index contributed by atoms with van der Waals surface area (Å²) in [7, 11) is 1.86. The summed E-state index contributed by atoms with van der Waals surface area (Å²) < 4.78 is 5.29. The summed E-state index contributed by atoms with van der Waals surface area (Å²) >= 11 is 0. The molecule has 0 saturated heterocycles. The average molecular weight is 246 g/mol. The van der Waals surface area contributed by atoms with Crippen LogP contribution in [0.3, 0.4) is 0 Å². The Morgan fingerprint density at radius 3 is 2.67 bits per heavy atom. The SMILES string of the molecule is CNc1nc(C)nc(NCCc2ccco2)c1C. The standard InChI is InChI=1S/C13H18N4O/c1-9-12(14-3)16-10(2)17-13(9)15-7-6-11-5-4-8-18-11/h4-5,8H,6-7H2,1-3H3,(H2,14,15,16,17). The Hall–Kier alpha value is -2.04. The zero-order chi connectivity index (χ0) is 13.0. The van der Waals surface area contributed by atoms with Crippen LogP contribution in [0.4, 0.5) is 11.6 Å². The van der Waals surface area contributed by atoms with Crippen molar-refractivity contribution in [1.82, 2.24) is 9.97 Å². The van der Waals surface area contributed by atoms with Crippen LogP contribution in [0.15, 0.2) is 22.8 Å². The van der Waals surface area contributed by atoms with Gasteiger partial charge in [0.15, 0.2) is 0 Å². The second kappa shape index (κ2) is 5.53. The van der Waals surface area contributed by atoms with Gasteiger partial charge in [0, 0.05) is 25.6 Å². The van der Waals surface area contributed by atoms with Crippen LogP contribution in [0, 0.1) is 13.8 Å². The molecule has 0 aliphatic heterocycles. The van der Waals surface area contributed by atoms with Gasteiger partial charge in [-0.25, -0.2) is 9.97 Å². The number of hydrogen-bond donors (Lipinski definition) is 2. The van der Waals surface area contributed by atoms with Crippen molar-refractivity contribution >= 4 is 11.6 Å². The minimum Gasteiger partial charge on any atom is -0.469 e. The fourth-order valence-electron chi connectivity index (χ4n) is 1.80. The third-order valence-corrected chi connectivity index (χ3v) is 2.74. The van der Waals surface area contributed by atoms with Crippen molar-refractivity contribution in [3.8, 4) is 0 Å². The van der Waals surface area contributed by atoms with Gasteiger partial charge >= 0.3 is 0 Å². The van der Waals surface area contributed by atoms with Crippen molar-refractivity contribution in [1.29, 1.82) is 0 Å². The quantitative estimate of drug-likeness (QED) is 0.848. The van der Waals surface area contributed by atoms with Crippen LogP contribution in [0.1, 0.15) is 17.1 Å². The van der Waals surface area contributed by atoms with Crippen LogP contribution in [-0.2, 0) is 6.42 Å². The van der Waals surface area contributed by atoms with E-state index in [0.29, 0.717) is 0 Å². The predicted octanol–water partition coefficient (Wildman–Crippen LogP) is 2.38. The van der Waals surface area contributed by atoms with Gasteiger partial charge in [-0.3, -0.25) is 0 Å². The number of rotatable bonds is 5. The fraction of sp³-hybridized carbons (Fsp3) is 0.385. The predicted molar refractivity (Wildman–Crippen MR) is 72.0 cm³/mol. The first-order valence-electron chi connectivity index (χ1n) is 6.00. The lowest BCUT2D eigenvalue weighted by molar-refractivity contribution is 0.513. The van der Waals surface area contributed by atoms with Crippen molar-refractivity contribution in [2.45, 2.75) is 20.3 Å². The zero-order valence-corrected chi connectivity index (χ0v) is 10.9. The molecule has 0 saturated carbocycles. The molecule has 0 fully saturated rings. The van der Waals surface area contributed by atoms with Crippen LogP contribution in [0.5, 0.6) is 0 Å². The number of anilines is 2. The monoisotopic (exact) mass is 246 g/mol. The average Bonchev–Trinajstić information content (AvgIpc) is 2.86. The molecule has 0 aliphatic carbocycles. The molecule has 2 heterocycles. The molecule has 0 amide bonds. The largest absolute Gasteiger partial charge is 0.469 e. The summed E-state index contributed by atoms with van der Waals surface area (Å²) in [4.78, 5) is 8.74. The van der Waals surface area contributed by atoms with Crippen LogP contribution in [-0.4, -0.2) is 23.6 Å². The van der Waals surface area contributed by atoms with Crippen molar-refractivity contribution in [2.24, 2.45) is 0 Å². The molecule has 2 N–H and O–H groups in total. The van der Waals surface area contributed by atoms with Crippen molar-refractivity contribution in [3.63, 3.8) is 0 Å². The topological polar surface area (TPSA) is 63.0 Å². The lowest BCUT2D eigenvalue weighted by Crippen LogP contribution is -2.10. The Labute approximate surface area is 107 Å². The van der Waals surface area contributed by atoms with Crippen molar-refractivity contribution in [2.75, 3.05) is 24.2 Å². The second-order valence-corrected chi connectivity index (χ2v) is 4.10. The zero-order valence-electron chi connectivity index (χ0n) is 10.9. The first-order chi connectivity index (χ1) is 8.70. The maximum absolute atomic E-state index is 5.29. The summed E-state index contributed by atoms with van der Waals surface area (Å²) in [5.74, 6) is 3.46. The van der Waals surface area contributed by atoms with E-state index in [4.69, 9.17) is 4.42 Å². The van der Waals surface area contributed by atoms with E-state index < -0.39 is 0 Å². The molecule has 0 spiro atoms. The normalized spacial score (nSPS) is 10.4. The van der Waals surface area contributed by atoms with Gasteiger partial charge in [-0.15, -0.1) is 0 Å². The van der Waals surface area contributed by atoms with Gasteiger partial charge < -0.3 is 15.1 Å². The molecule has 18 heavy (non-hydrogen) atoms. The van der Waals surface area contributed by atoms with Crippen LogP contribution in [0.2, 0.25) is 0 Å². The highest BCUT2D eigenvalue weighted by atomic mass is 16.3. The van der Waals surface area contributed by atoms with E-state index in [1.807, 2.05) is 33.0 Å². The first-order valence-corrected chi connectivity index (χ1v) is 6.00. The smallest absolute Gasteiger partial charge is 0.134 e. The summed E-state index contributed by atoms with van der Waals surface area (Å²) in [5, 5.41) is 6.39. The molecule has 0 aromatic carbocycles. The Kier molecular flexibility index (Phi) is 3.82. The number of furan rings is 1. The van der Waals surface area contributed by atoms with Crippen LogP contribution >= 0.6 is 0 Å². The molecule has 0 unspecified atom stereocenters. The number of nitrogens with zero attached hydrogens (tertiary/aromatic N) is 2. The minimum absolute atomic E-state index is 0.755. The van der Waals surface area contributed by atoms with Crippen LogP contribution in [0.25, 0.3) is 0 Å². The Morgan fingerprint density at radius 2 is 2.00 bits per heavy atom.